The maximum absolute atomic E-state index is 6.00. The predicted molar refractivity (Wildman–Crippen MR) is 94.7 cm³/mol. The zero-order chi connectivity index (χ0) is 16.7. The summed E-state index contributed by atoms with van der Waals surface area (Å²) < 4.78 is 1.79. The molecule has 0 saturated heterocycles. The number of hydrogen-bond donors (Lipinski definition) is 0. The highest BCUT2D eigenvalue weighted by atomic mass is 35.5. The fourth-order valence-electron chi connectivity index (χ4n) is 2.65. The van der Waals surface area contributed by atoms with Crippen LogP contribution < -0.4 is 0 Å². The highest BCUT2D eigenvalue weighted by Gasteiger charge is 2.14. The van der Waals surface area contributed by atoms with Crippen molar-refractivity contribution in [3.05, 3.63) is 59.8 Å². The van der Waals surface area contributed by atoms with E-state index in [0.717, 1.165) is 39.1 Å². The molecule has 0 saturated carbocycles. The van der Waals surface area contributed by atoms with Gasteiger partial charge in [0.25, 0.3) is 0 Å². The van der Waals surface area contributed by atoms with E-state index >= 15 is 0 Å². The summed E-state index contributed by atoms with van der Waals surface area (Å²) in [6.07, 6.45) is 5.65. The quantitative estimate of drug-likeness (QED) is 0.518. The molecule has 0 amide bonds. The van der Waals surface area contributed by atoms with Gasteiger partial charge >= 0.3 is 0 Å². The zero-order valence-corrected chi connectivity index (χ0v) is 14.0. The van der Waals surface area contributed by atoms with Crippen molar-refractivity contribution in [1.29, 1.82) is 0 Å². The second-order valence-corrected chi connectivity index (χ2v) is 6.04. The highest BCUT2D eigenvalue weighted by molar-refractivity contribution is 6.29. The highest BCUT2D eigenvalue weighted by Crippen LogP contribution is 2.31. The summed E-state index contributed by atoms with van der Waals surface area (Å²) in [6, 6.07) is 9.59. The van der Waals surface area contributed by atoms with Gasteiger partial charge in [-0.2, -0.15) is 5.10 Å². The largest absolute Gasteiger partial charge is 0.275 e. The third-order valence-corrected chi connectivity index (χ3v) is 4.04. The third-order valence-electron chi connectivity index (χ3n) is 3.83. The van der Waals surface area contributed by atoms with Gasteiger partial charge in [-0.1, -0.05) is 11.6 Å². The molecule has 4 heterocycles. The summed E-state index contributed by atoms with van der Waals surface area (Å²) >= 11 is 6.00. The first-order valence-electron chi connectivity index (χ1n) is 7.49. The molecule has 24 heavy (non-hydrogen) atoms. The van der Waals surface area contributed by atoms with Gasteiger partial charge in [-0.25, -0.2) is 4.98 Å². The third kappa shape index (κ3) is 2.63. The van der Waals surface area contributed by atoms with E-state index in [4.69, 9.17) is 11.6 Å². The minimum atomic E-state index is 0.454. The molecule has 0 unspecified atom stereocenters. The van der Waals surface area contributed by atoms with Gasteiger partial charge in [0.05, 0.1) is 11.0 Å². The van der Waals surface area contributed by atoms with Gasteiger partial charge in [0, 0.05) is 48.0 Å². The topological polar surface area (TPSA) is 56.5 Å². The van der Waals surface area contributed by atoms with Crippen LogP contribution in [0, 0.1) is 6.92 Å². The lowest BCUT2D eigenvalue weighted by Crippen LogP contribution is -1.89. The number of hydrogen-bond acceptors (Lipinski definition) is 4. The molecule has 118 valence electrons. The van der Waals surface area contributed by atoms with Crippen LogP contribution in [0.2, 0.25) is 5.15 Å². The molecule has 0 aliphatic rings. The second kappa shape index (κ2) is 5.69. The molecule has 0 bridgehead atoms. The van der Waals surface area contributed by atoms with Crippen molar-refractivity contribution in [2.24, 2.45) is 7.05 Å². The standard InChI is InChI=1S/C18H14ClN5/c1-11-3-4-12(8-20-11)18-14(10-24(2)23-18)13-7-16-15(21-9-13)5-6-17(19)22-16/h3-10H,1-2H3. The van der Waals surface area contributed by atoms with Gasteiger partial charge in [0.1, 0.15) is 10.8 Å². The van der Waals surface area contributed by atoms with E-state index in [-0.39, 0.29) is 0 Å². The van der Waals surface area contributed by atoms with Crippen LogP contribution in [-0.2, 0) is 7.05 Å². The minimum absolute atomic E-state index is 0.454. The van der Waals surface area contributed by atoms with Crippen LogP contribution in [0.4, 0.5) is 0 Å². The lowest BCUT2D eigenvalue weighted by atomic mass is 10.0. The van der Waals surface area contributed by atoms with Gasteiger partial charge in [-0.3, -0.25) is 14.6 Å². The van der Waals surface area contributed by atoms with E-state index in [9.17, 15) is 0 Å². The van der Waals surface area contributed by atoms with Crippen LogP contribution in [0.1, 0.15) is 5.69 Å². The molecule has 0 fully saturated rings. The summed E-state index contributed by atoms with van der Waals surface area (Å²) in [5.41, 5.74) is 6.31. The summed E-state index contributed by atoms with van der Waals surface area (Å²) in [5.74, 6) is 0. The fourth-order valence-corrected chi connectivity index (χ4v) is 2.80. The molecule has 4 aromatic heterocycles. The first-order valence-corrected chi connectivity index (χ1v) is 7.87. The van der Waals surface area contributed by atoms with E-state index in [1.807, 2.05) is 56.8 Å². The van der Waals surface area contributed by atoms with Crippen molar-refractivity contribution in [1.82, 2.24) is 24.7 Å². The Morgan fingerprint density at radius 1 is 0.958 bits per heavy atom. The number of aryl methyl sites for hydroxylation is 2. The van der Waals surface area contributed by atoms with Crippen LogP contribution >= 0.6 is 11.6 Å². The van der Waals surface area contributed by atoms with E-state index < -0.39 is 0 Å². The van der Waals surface area contributed by atoms with Crippen LogP contribution in [0.3, 0.4) is 0 Å². The Balaban J connectivity index is 1.89. The predicted octanol–water partition coefficient (Wildman–Crippen LogP) is 4.05. The molecule has 4 rings (SSSR count). The lowest BCUT2D eigenvalue weighted by Gasteiger charge is -2.04. The van der Waals surface area contributed by atoms with Crippen molar-refractivity contribution in [3.8, 4) is 22.4 Å². The maximum Gasteiger partial charge on any atom is 0.129 e. The van der Waals surface area contributed by atoms with Gasteiger partial charge in [0.15, 0.2) is 0 Å². The van der Waals surface area contributed by atoms with Crippen molar-refractivity contribution in [2.45, 2.75) is 6.92 Å². The van der Waals surface area contributed by atoms with Crippen LogP contribution in [0.15, 0.2) is 48.9 Å². The van der Waals surface area contributed by atoms with Crippen molar-refractivity contribution in [3.63, 3.8) is 0 Å². The number of nitrogens with zero attached hydrogens (tertiary/aromatic N) is 5. The molecule has 0 atom stereocenters. The van der Waals surface area contributed by atoms with Crippen LogP contribution in [-0.4, -0.2) is 24.7 Å². The summed E-state index contributed by atoms with van der Waals surface area (Å²) in [4.78, 5) is 13.2. The Kier molecular flexibility index (Phi) is 3.50. The fraction of sp³-hybridized carbons (Fsp3) is 0.111. The molecule has 0 N–H and O–H groups in total. The number of rotatable bonds is 2. The smallest absolute Gasteiger partial charge is 0.129 e. The number of pyridine rings is 3. The van der Waals surface area contributed by atoms with Gasteiger partial charge in [-0.05, 0) is 37.3 Å². The Hall–Kier alpha value is -2.79. The lowest BCUT2D eigenvalue weighted by molar-refractivity contribution is 0.771. The molecule has 6 heteroatoms. The number of aromatic nitrogens is 5. The van der Waals surface area contributed by atoms with E-state index in [2.05, 4.69) is 20.1 Å². The van der Waals surface area contributed by atoms with Crippen molar-refractivity contribution in [2.75, 3.05) is 0 Å². The summed E-state index contributed by atoms with van der Waals surface area (Å²) in [7, 11) is 1.90. The van der Waals surface area contributed by atoms with E-state index in [1.165, 1.54) is 0 Å². The van der Waals surface area contributed by atoms with Crippen LogP contribution in [0.5, 0.6) is 0 Å². The first-order chi connectivity index (χ1) is 11.6. The minimum Gasteiger partial charge on any atom is -0.275 e. The number of halogens is 1. The van der Waals surface area contributed by atoms with Gasteiger partial charge < -0.3 is 0 Å². The molecule has 0 spiro atoms. The number of fused-ring (bicyclic) bond motifs is 1. The molecular formula is C18H14ClN5. The summed E-state index contributed by atoms with van der Waals surface area (Å²) in [6.45, 7) is 1.96. The monoisotopic (exact) mass is 335 g/mol. The normalized spacial score (nSPS) is 11.1. The molecule has 0 aromatic carbocycles. The first kappa shape index (κ1) is 14.8. The maximum atomic E-state index is 6.00. The average molecular weight is 336 g/mol. The van der Waals surface area contributed by atoms with Gasteiger partial charge in [0.2, 0.25) is 0 Å². The SMILES string of the molecule is Cc1ccc(-c2nn(C)cc2-c2cnc3ccc(Cl)nc3c2)cn1. The Morgan fingerprint density at radius 2 is 1.79 bits per heavy atom. The Labute approximate surface area is 144 Å². The zero-order valence-electron chi connectivity index (χ0n) is 13.2. The second-order valence-electron chi connectivity index (χ2n) is 5.65. The molecule has 0 aliphatic carbocycles. The summed E-state index contributed by atoms with van der Waals surface area (Å²) in [5, 5.41) is 5.04. The molecular weight excluding hydrogens is 322 g/mol. The average Bonchev–Trinajstić information content (AvgIpc) is 2.96. The van der Waals surface area contributed by atoms with Crippen molar-refractivity contribution >= 4 is 22.6 Å². The van der Waals surface area contributed by atoms with E-state index in [0.29, 0.717) is 5.15 Å². The Bertz CT molecular complexity index is 1040. The van der Waals surface area contributed by atoms with E-state index in [1.54, 1.807) is 10.7 Å². The molecule has 0 aliphatic heterocycles. The van der Waals surface area contributed by atoms with Crippen LogP contribution in [0.25, 0.3) is 33.4 Å². The van der Waals surface area contributed by atoms with Gasteiger partial charge in [-0.15, -0.1) is 0 Å². The molecule has 5 nitrogen and oxygen atoms in total. The Morgan fingerprint density at radius 3 is 2.58 bits per heavy atom. The molecule has 4 aromatic rings. The molecule has 0 radical (unpaired) electrons. The van der Waals surface area contributed by atoms with Crippen molar-refractivity contribution < 1.29 is 0 Å².